The van der Waals surface area contributed by atoms with Crippen LogP contribution in [-0.4, -0.2) is 49.8 Å². The van der Waals surface area contributed by atoms with Gasteiger partial charge in [0.05, 0.1) is 12.2 Å². The first-order chi connectivity index (χ1) is 14.0. The second-order valence-corrected chi connectivity index (χ2v) is 8.82. The fraction of sp³-hybridized carbons (Fsp3) is 0.700. The summed E-state index contributed by atoms with van der Waals surface area (Å²) in [6, 6.07) is -0.202. The maximum absolute atomic E-state index is 13.6. The Labute approximate surface area is 173 Å². The fourth-order valence-electron chi connectivity index (χ4n) is 4.72. The SMILES string of the molecule is COC1CCC(n2c(=O)c3cnc(SC)nc3n(C3CCC(O)CC3)c2=O)CC1. The summed E-state index contributed by atoms with van der Waals surface area (Å²) >= 11 is 1.39. The number of rotatable bonds is 4. The third-order valence-corrected chi connectivity index (χ3v) is 6.95. The van der Waals surface area contributed by atoms with E-state index in [9.17, 15) is 14.7 Å². The van der Waals surface area contributed by atoms with Crippen molar-refractivity contribution in [3.63, 3.8) is 0 Å². The van der Waals surface area contributed by atoms with E-state index < -0.39 is 0 Å². The quantitative estimate of drug-likeness (QED) is 0.598. The zero-order valence-electron chi connectivity index (χ0n) is 16.9. The van der Waals surface area contributed by atoms with Crippen molar-refractivity contribution >= 4 is 22.8 Å². The number of aliphatic hydroxyl groups excluding tert-OH is 1. The Hall–Kier alpha value is -1.71. The van der Waals surface area contributed by atoms with Gasteiger partial charge in [0.25, 0.3) is 5.56 Å². The molecule has 158 valence electrons. The summed E-state index contributed by atoms with van der Waals surface area (Å²) in [4.78, 5) is 35.7. The molecule has 0 bridgehead atoms. The summed E-state index contributed by atoms with van der Waals surface area (Å²) < 4.78 is 8.58. The van der Waals surface area contributed by atoms with Crippen LogP contribution in [0.15, 0.2) is 20.9 Å². The molecule has 2 aromatic heterocycles. The molecule has 0 aromatic carbocycles. The number of nitrogens with zero attached hydrogens (tertiary/aromatic N) is 4. The summed E-state index contributed by atoms with van der Waals surface area (Å²) in [5.41, 5.74) is -0.163. The minimum Gasteiger partial charge on any atom is -0.393 e. The highest BCUT2D eigenvalue weighted by atomic mass is 32.2. The highest BCUT2D eigenvalue weighted by Gasteiger charge is 2.30. The molecule has 2 heterocycles. The van der Waals surface area contributed by atoms with Gasteiger partial charge < -0.3 is 9.84 Å². The number of hydrogen-bond donors (Lipinski definition) is 1. The van der Waals surface area contributed by atoms with Crippen molar-refractivity contribution in [1.29, 1.82) is 0 Å². The standard InChI is InChI=1S/C20H28N4O4S/c1-28-15-9-5-13(6-10-15)24-18(26)16-11-21-19(29-2)22-17(16)23(20(24)27)12-3-7-14(25)8-4-12/h11-15,25H,3-10H2,1-2H3. The van der Waals surface area contributed by atoms with Crippen LogP contribution in [0.1, 0.15) is 63.5 Å². The van der Waals surface area contributed by atoms with Gasteiger partial charge in [-0.15, -0.1) is 0 Å². The highest BCUT2D eigenvalue weighted by molar-refractivity contribution is 7.98. The monoisotopic (exact) mass is 420 g/mol. The van der Waals surface area contributed by atoms with Crippen LogP contribution in [0.4, 0.5) is 0 Å². The summed E-state index contributed by atoms with van der Waals surface area (Å²) in [6.07, 6.45) is 9.15. The van der Waals surface area contributed by atoms with E-state index in [1.54, 1.807) is 17.9 Å². The molecule has 2 fully saturated rings. The third-order valence-electron chi connectivity index (χ3n) is 6.39. The lowest BCUT2D eigenvalue weighted by Crippen LogP contribution is -2.45. The Bertz CT molecular complexity index is 988. The molecule has 2 aliphatic rings. The van der Waals surface area contributed by atoms with Gasteiger partial charge in [0.15, 0.2) is 10.8 Å². The number of ether oxygens (including phenoxy) is 1. The molecule has 0 radical (unpaired) electrons. The number of aliphatic hydroxyl groups is 1. The Morgan fingerprint density at radius 2 is 1.66 bits per heavy atom. The first kappa shape index (κ1) is 20.6. The zero-order valence-corrected chi connectivity index (χ0v) is 17.7. The summed E-state index contributed by atoms with van der Waals surface area (Å²) in [5.74, 6) is 0. The third kappa shape index (κ3) is 3.87. The first-order valence-electron chi connectivity index (χ1n) is 10.3. The van der Waals surface area contributed by atoms with E-state index in [1.807, 2.05) is 6.26 Å². The Kier molecular flexibility index (Phi) is 6.08. The molecule has 2 saturated carbocycles. The fourth-order valence-corrected chi connectivity index (χ4v) is 5.06. The van der Waals surface area contributed by atoms with Crippen molar-refractivity contribution in [2.75, 3.05) is 13.4 Å². The van der Waals surface area contributed by atoms with Crippen molar-refractivity contribution in [3.05, 3.63) is 27.0 Å². The first-order valence-corrected chi connectivity index (χ1v) is 11.5. The Morgan fingerprint density at radius 1 is 1.03 bits per heavy atom. The molecule has 0 atom stereocenters. The van der Waals surface area contributed by atoms with Crippen LogP contribution in [0.3, 0.4) is 0 Å². The maximum atomic E-state index is 13.6. The molecule has 0 saturated heterocycles. The van der Waals surface area contributed by atoms with E-state index in [1.165, 1.54) is 16.3 Å². The van der Waals surface area contributed by atoms with Crippen LogP contribution < -0.4 is 11.2 Å². The van der Waals surface area contributed by atoms with Gasteiger partial charge in [0.1, 0.15) is 5.39 Å². The van der Waals surface area contributed by atoms with Gasteiger partial charge >= 0.3 is 5.69 Å². The minimum absolute atomic E-state index is 0.0693. The van der Waals surface area contributed by atoms with E-state index in [0.29, 0.717) is 41.9 Å². The van der Waals surface area contributed by atoms with Gasteiger partial charge in [-0.05, 0) is 57.6 Å². The molecule has 2 aliphatic carbocycles. The molecule has 2 aromatic rings. The topological polar surface area (TPSA) is 99.2 Å². The maximum Gasteiger partial charge on any atom is 0.333 e. The average Bonchev–Trinajstić information content (AvgIpc) is 2.75. The zero-order chi connectivity index (χ0) is 20.5. The summed E-state index contributed by atoms with van der Waals surface area (Å²) in [6.45, 7) is 0. The van der Waals surface area contributed by atoms with Crippen molar-refractivity contribution in [3.8, 4) is 0 Å². The van der Waals surface area contributed by atoms with Gasteiger partial charge in [-0.1, -0.05) is 11.8 Å². The van der Waals surface area contributed by atoms with Gasteiger partial charge in [-0.3, -0.25) is 13.9 Å². The predicted octanol–water partition coefficient (Wildman–Crippen LogP) is 2.28. The molecule has 1 N–H and O–H groups in total. The molecule has 9 heteroatoms. The lowest BCUT2D eigenvalue weighted by molar-refractivity contribution is 0.0570. The normalized spacial score (nSPS) is 28.0. The van der Waals surface area contributed by atoms with Gasteiger partial charge in [0.2, 0.25) is 0 Å². The van der Waals surface area contributed by atoms with Gasteiger partial charge in [-0.2, -0.15) is 0 Å². The van der Waals surface area contributed by atoms with E-state index in [4.69, 9.17) is 4.74 Å². The minimum atomic E-state index is -0.320. The van der Waals surface area contributed by atoms with Crippen LogP contribution in [0.5, 0.6) is 0 Å². The molecule has 0 aliphatic heterocycles. The lowest BCUT2D eigenvalue weighted by atomic mass is 9.92. The molecule has 8 nitrogen and oxygen atoms in total. The predicted molar refractivity (Wildman–Crippen MR) is 112 cm³/mol. The van der Waals surface area contributed by atoms with E-state index >= 15 is 0 Å². The van der Waals surface area contributed by atoms with E-state index in [2.05, 4.69) is 9.97 Å². The molecule has 29 heavy (non-hydrogen) atoms. The number of thioether (sulfide) groups is 1. The summed E-state index contributed by atoms with van der Waals surface area (Å²) in [5, 5.41) is 10.8. The smallest absolute Gasteiger partial charge is 0.333 e. The second-order valence-electron chi connectivity index (χ2n) is 8.05. The number of aromatic nitrogens is 4. The Morgan fingerprint density at radius 3 is 2.28 bits per heavy atom. The largest absolute Gasteiger partial charge is 0.393 e. The van der Waals surface area contributed by atoms with Gasteiger partial charge in [-0.25, -0.2) is 14.8 Å². The number of hydrogen-bond acceptors (Lipinski definition) is 7. The molecular weight excluding hydrogens is 392 g/mol. The van der Waals surface area contributed by atoms with Gasteiger partial charge in [0, 0.05) is 25.4 Å². The van der Waals surface area contributed by atoms with Crippen molar-refractivity contribution in [2.24, 2.45) is 0 Å². The van der Waals surface area contributed by atoms with Crippen molar-refractivity contribution in [2.45, 2.75) is 80.8 Å². The van der Waals surface area contributed by atoms with Crippen LogP contribution in [0.2, 0.25) is 0 Å². The molecular formula is C20H28N4O4S. The van der Waals surface area contributed by atoms with Crippen LogP contribution in [0.25, 0.3) is 11.0 Å². The molecule has 0 amide bonds. The van der Waals surface area contributed by atoms with Crippen molar-refractivity contribution in [1.82, 2.24) is 19.1 Å². The highest BCUT2D eigenvalue weighted by Crippen LogP contribution is 2.31. The average molecular weight is 421 g/mol. The second kappa shape index (κ2) is 8.57. The number of methoxy groups -OCH3 is 1. The molecule has 4 rings (SSSR count). The van der Waals surface area contributed by atoms with Crippen LogP contribution >= 0.6 is 11.8 Å². The van der Waals surface area contributed by atoms with E-state index in [-0.39, 0.29) is 35.5 Å². The molecule has 0 spiro atoms. The van der Waals surface area contributed by atoms with E-state index in [0.717, 1.165) is 25.7 Å². The van der Waals surface area contributed by atoms with Crippen LogP contribution in [0, 0.1) is 0 Å². The van der Waals surface area contributed by atoms with Crippen molar-refractivity contribution < 1.29 is 9.84 Å². The number of fused-ring (bicyclic) bond motifs is 1. The lowest BCUT2D eigenvalue weighted by Gasteiger charge is -2.31. The Balaban J connectivity index is 1.86. The summed E-state index contributed by atoms with van der Waals surface area (Å²) in [7, 11) is 1.71. The van der Waals surface area contributed by atoms with Crippen LogP contribution in [-0.2, 0) is 4.74 Å². The molecule has 0 unspecified atom stereocenters.